The van der Waals surface area contributed by atoms with Gasteiger partial charge < -0.3 is 15.3 Å². The molecule has 3 nitrogen and oxygen atoms in total. The van der Waals surface area contributed by atoms with Crippen molar-refractivity contribution >= 4 is 0 Å². The molecule has 0 atom stereocenters. The van der Waals surface area contributed by atoms with Crippen LogP contribution in [0.5, 0.6) is 0 Å². The summed E-state index contributed by atoms with van der Waals surface area (Å²) in [5.74, 6) is 0. The Morgan fingerprint density at radius 1 is 0.615 bits per heavy atom. The fraction of sp³-hybridized carbons (Fsp3) is 1.00. The topological polar surface area (TPSA) is 69.2 Å². The van der Waals surface area contributed by atoms with Gasteiger partial charge in [0.2, 0.25) is 0 Å². The van der Waals surface area contributed by atoms with Crippen LogP contribution in [0.3, 0.4) is 0 Å². The Hall–Kier alpha value is 1.20. The molecule has 0 aliphatic rings. The Kier molecular flexibility index (Phi) is 69.3. The van der Waals surface area contributed by atoms with Gasteiger partial charge in [-0.15, -0.1) is 19.8 Å². The normalized spacial score (nSPS) is 6.92. The van der Waals surface area contributed by atoms with Crippen LogP contribution in [-0.4, -0.2) is 19.8 Å². The molecule has 0 aromatic heterocycles. The van der Waals surface area contributed by atoms with E-state index < -0.39 is 0 Å². The van der Waals surface area contributed by atoms with Crippen molar-refractivity contribution in [2.45, 2.75) is 40.0 Å². The van der Waals surface area contributed by atoms with Gasteiger partial charge in [0.15, 0.2) is 0 Å². The van der Waals surface area contributed by atoms with Crippen molar-refractivity contribution in [1.82, 2.24) is 0 Å². The summed E-state index contributed by atoms with van der Waals surface area (Å²) in [6, 6.07) is 0. The monoisotopic (exact) mass is 335 g/mol. The van der Waals surface area contributed by atoms with Crippen molar-refractivity contribution in [3.8, 4) is 0 Å². The van der Waals surface area contributed by atoms with Crippen LogP contribution >= 0.6 is 0 Å². The zero-order chi connectivity index (χ0) is 10.2. The van der Waals surface area contributed by atoms with Crippen molar-refractivity contribution < 1.29 is 55.3 Å². The molecule has 0 aromatic rings. The quantitative estimate of drug-likeness (QED) is 0.683. The summed E-state index contributed by atoms with van der Waals surface area (Å²) in [6.07, 6.45) is 2.29. The molecule has 0 aliphatic heterocycles. The van der Waals surface area contributed by atoms with Gasteiger partial charge >= 0.3 is 39.9 Å². The van der Waals surface area contributed by atoms with Crippen molar-refractivity contribution in [3.05, 3.63) is 0 Å². The van der Waals surface area contributed by atoms with Crippen LogP contribution in [0.1, 0.15) is 40.0 Å². The Morgan fingerprint density at radius 2 is 0.692 bits per heavy atom. The Balaban J connectivity index is -0.0000000450. The molecule has 0 aromatic carbocycles. The SMILES string of the molecule is CCC[O-].CCC[O-].CCC[O-].[Gd+3]. The zero-order valence-electron chi connectivity index (χ0n) is 8.82. The molecule has 0 saturated heterocycles. The fourth-order valence-electron chi connectivity index (χ4n) is 0. The van der Waals surface area contributed by atoms with Crippen LogP contribution in [0.2, 0.25) is 0 Å². The Bertz CT molecular complexity index is 30.3. The zero-order valence-corrected chi connectivity index (χ0v) is 11.1. The van der Waals surface area contributed by atoms with Crippen molar-refractivity contribution in [3.63, 3.8) is 0 Å². The Labute approximate surface area is 114 Å². The van der Waals surface area contributed by atoms with E-state index in [-0.39, 0.29) is 59.8 Å². The van der Waals surface area contributed by atoms with Gasteiger partial charge in [-0.1, -0.05) is 40.0 Å². The minimum atomic E-state index is 0. The molecule has 0 amide bonds. The maximum absolute atomic E-state index is 9.30. The van der Waals surface area contributed by atoms with Gasteiger partial charge in [-0.25, -0.2) is 0 Å². The number of rotatable bonds is 3. The molecule has 13 heavy (non-hydrogen) atoms. The van der Waals surface area contributed by atoms with Gasteiger partial charge in [-0.3, -0.25) is 0 Å². The largest absolute Gasteiger partial charge is 3.00 e. The third kappa shape index (κ3) is 93.8. The van der Waals surface area contributed by atoms with Crippen LogP contribution < -0.4 is 15.3 Å². The van der Waals surface area contributed by atoms with Crippen LogP contribution in [0.4, 0.5) is 0 Å². The second-order valence-electron chi connectivity index (χ2n) is 2.11. The van der Waals surface area contributed by atoms with Crippen molar-refractivity contribution in [2.75, 3.05) is 19.8 Å². The first-order chi connectivity index (χ1) is 5.74. The first-order valence-corrected chi connectivity index (χ1v) is 4.49. The molecular weight excluding hydrogens is 313 g/mol. The Morgan fingerprint density at radius 3 is 0.692 bits per heavy atom. The third-order valence-electron chi connectivity index (χ3n) is 0.612. The summed E-state index contributed by atoms with van der Waals surface area (Å²) in [4.78, 5) is 0. The predicted molar refractivity (Wildman–Crippen MR) is 45.5 cm³/mol. The van der Waals surface area contributed by atoms with Crippen molar-refractivity contribution in [1.29, 1.82) is 0 Å². The maximum atomic E-state index is 9.30. The summed E-state index contributed by atoms with van der Waals surface area (Å²) >= 11 is 0. The molecule has 0 saturated carbocycles. The fourth-order valence-corrected chi connectivity index (χ4v) is 0. The van der Waals surface area contributed by atoms with Gasteiger partial charge in [-0.2, -0.15) is 0 Å². The minimum absolute atomic E-state index is 0. The van der Waals surface area contributed by atoms with E-state index in [0.717, 1.165) is 19.3 Å². The van der Waals surface area contributed by atoms with E-state index in [1.54, 1.807) is 0 Å². The average Bonchev–Trinajstić information content (AvgIpc) is 2.18. The summed E-state index contributed by atoms with van der Waals surface area (Å²) in [5, 5.41) is 27.9. The number of hydrogen-bond acceptors (Lipinski definition) is 3. The summed E-state index contributed by atoms with van der Waals surface area (Å²) < 4.78 is 0. The molecule has 0 aliphatic carbocycles. The molecule has 0 bridgehead atoms. The average molecular weight is 335 g/mol. The van der Waals surface area contributed by atoms with Gasteiger partial charge in [0.05, 0.1) is 0 Å². The van der Waals surface area contributed by atoms with Gasteiger partial charge in [0.1, 0.15) is 0 Å². The summed E-state index contributed by atoms with van der Waals surface area (Å²) in [6.45, 7) is 5.81. The standard InChI is InChI=1S/3C3H7O.Gd/c3*1-2-3-4;/h3*2-3H2,1H3;/q3*-1;+3. The first-order valence-electron chi connectivity index (χ1n) is 4.49. The molecule has 4 heteroatoms. The van der Waals surface area contributed by atoms with Crippen LogP contribution in [0, 0.1) is 39.9 Å². The van der Waals surface area contributed by atoms with Crippen molar-refractivity contribution in [2.24, 2.45) is 0 Å². The van der Waals surface area contributed by atoms with E-state index in [9.17, 15) is 15.3 Å². The third-order valence-corrected chi connectivity index (χ3v) is 0.612. The van der Waals surface area contributed by atoms with Crippen LogP contribution in [-0.2, 0) is 0 Å². The second-order valence-corrected chi connectivity index (χ2v) is 2.11. The van der Waals surface area contributed by atoms with E-state index in [4.69, 9.17) is 0 Å². The molecule has 0 spiro atoms. The maximum Gasteiger partial charge on any atom is 3.00 e. The predicted octanol–water partition coefficient (Wildman–Crippen LogP) is -0.730. The molecular formula is C9H21GdO3. The van der Waals surface area contributed by atoms with E-state index in [1.807, 2.05) is 20.8 Å². The van der Waals surface area contributed by atoms with E-state index >= 15 is 0 Å². The molecule has 0 N–H and O–H groups in total. The summed E-state index contributed by atoms with van der Waals surface area (Å²) in [5.41, 5.74) is 0. The van der Waals surface area contributed by atoms with Crippen LogP contribution in [0.15, 0.2) is 0 Å². The number of hydrogen-bond donors (Lipinski definition) is 0. The molecule has 83 valence electrons. The molecule has 0 rings (SSSR count). The summed E-state index contributed by atoms with van der Waals surface area (Å²) in [7, 11) is 0. The molecule has 1 radical (unpaired) electrons. The van der Waals surface area contributed by atoms with E-state index in [0.29, 0.717) is 0 Å². The van der Waals surface area contributed by atoms with Gasteiger partial charge in [0, 0.05) is 0 Å². The van der Waals surface area contributed by atoms with E-state index in [1.165, 1.54) is 0 Å². The molecule has 0 fully saturated rings. The van der Waals surface area contributed by atoms with Crippen LogP contribution in [0.25, 0.3) is 0 Å². The first kappa shape index (κ1) is 23.8. The second kappa shape index (κ2) is 37.9. The molecule has 0 unspecified atom stereocenters. The molecule has 0 heterocycles. The van der Waals surface area contributed by atoms with E-state index in [2.05, 4.69) is 0 Å². The van der Waals surface area contributed by atoms with Gasteiger partial charge in [0.25, 0.3) is 0 Å². The smallest absolute Gasteiger partial charge is 0.854 e. The van der Waals surface area contributed by atoms with Gasteiger partial charge in [-0.05, 0) is 0 Å². The minimum Gasteiger partial charge on any atom is -0.854 e.